The lowest BCUT2D eigenvalue weighted by Gasteiger charge is -2.36. The highest BCUT2D eigenvalue weighted by Crippen LogP contribution is 2.29. The zero-order chi connectivity index (χ0) is 17.2. The predicted octanol–water partition coefficient (Wildman–Crippen LogP) is 2.83. The molecule has 134 valence electrons. The maximum atomic E-state index is 6.07. The average Bonchev–Trinajstić information content (AvgIpc) is 3.22. The minimum Gasteiger partial charge on any atom is -0.373 e. The molecule has 2 unspecified atom stereocenters. The molecule has 0 spiro atoms. The lowest BCUT2D eigenvalue weighted by molar-refractivity contribution is -0.0499. The molecule has 2 aliphatic rings. The van der Waals surface area contributed by atoms with Crippen LogP contribution in [0.25, 0.3) is 0 Å². The van der Waals surface area contributed by atoms with Crippen molar-refractivity contribution < 1.29 is 4.74 Å². The topological polar surface area (TPSA) is 41.5 Å². The molecule has 2 aromatic rings. The summed E-state index contributed by atoms with van der Waals surface area (Å²) in [7, 11) is 0. The van der Waals surface area contributed by atoms with Gasteiger partial charge in [0.05, 0.1) is 18.8 Å². The van der Waals surface area contributed by atoms with Gasteiger partial charge in [-0.05, 0) is 11.5 Å². The third-order valence-corrected chi connectivity index (χ3v) is 5.78. The van der Waals surface area contributed by atoms with Gasteiger partial charge in [-0.3, -0.25) is 4.90 Å². The minimum absolute atomic E-state index is 0.273. The minimum atomic E-state index is 0.273. The molecule has 0 radical (unpaired) electrons. The first kappa shape index (κ1) is 16.9. The molecule has 6 heteroatoms. The molecule has 2 atom stereocenters. The van der Waals surface area contributed by atoms with Crippen LogP contribution in [0.5, 0.6) is 0 Å². The van der Waals surface area contributed by atoms with Crippen molar-refractivity contribution in [1.29, 1.82) is 0 Å². The first-order valence-electron chi connectivity index (χ1n) is 9.16. The van der Waals surface area contributed by atoms with Crippen molar-refractivity contribution in [2.24, 2.45) is 5.92 Å². The van der Waals surface area contributed by atoms with Crippen LogP contribution in [0.15, 0.2) is 30.3 Å². The summed E-state index contributed by atoms with van der Waals surface area (Å²) in [6, 6.07) is 11.2. The van der Waals surface area contributed by atoms with Gasteiger partial charge in [0.2, 0.25) is 5.13 Å². The van der Waals surface area contributed by atoms with E-state index < -0.39 is 0 Å². The summed E-state index contributed by atoms with van der Waals surface area (Å²) in [5.74, 6) is 1.57. The van der Waals surface area contributed by atoms with E-state index in [1.807, 2.05) is 0 Å². The van der Waals surface area contributed by atoms with Crippen molar-refractivity contribution in [2.45, 2.75) is 39.0 Å². The zero-order valence-electron chi connectivity index (χ0n) is 15.0. The van der Waals surface area contributed by atoms with Crippen molar-refractivity contribution >= 4 is 16.7 Å². The molecule has 4 rings (SSSR count). The van der Waals surface area contributed by atoms with E-state index in [1.54, 1.807) is 0 Å². The number of morpholine rings is 1. The number of rotatable bonds is 5. The molecule has 1 aromatic carbocycles. The maximum Gasteiger partial charge on any atom is 0.205 e. The number of fused-ring (bicyclic) bond motifs is 1. The molecule has 25 heavy (non-hydrogen) atoms. The molecule has 2 saturated heterocycles. The number of ether oxygens (including phenoxy) is 1. The molecule has 0 amide bonds. The molecule has 0 N–H and O–H groups in total. The van der Waals surface area contributed by atoms with Crippen molar-refractivity contribution in [3.8, 4) is 0 Å². The van der Waals surface area contributed by atoms with Gasteiger partial charge < -0.3 is 9.64 Å². The van der Waals surface area contributed by atoms with E-state index >= 15 is 0 Å². The summed E-state index contributed by atoms with van der Waals surface area (Å²) in [6.45, 7) is 9.13. The molecule has 3 heterocycles. The van der Waals surface area contributed by atoms with Crippen LogP contribution in [0.2, 0.25) is 0 Å². The highest BCUT2D eigenvalue weighted by molar-refractivity contribution is 7.09. The summed E-state index contributed by atoms with van der Waals surface area (Å²) in [6.07, 6.45) is 1.23. The molecule has 0 aliphatic carbocycles. The Morgan fingerprint density at radius 3 is 2.88 bits per heavy atom. The number of benzene rings is 1. The fraction of sp³-hybridized carbons (Fsp3) is 0.579. The number of nitrogens with zero attached hydrogens (tertiary/aromatic N) is 4. The monoisotopic (exact) mass is 358 g/mol. The number of anilines is 1. The summed E-state index contributed by atoms with van der Waals surface area (Å²) in [5.41, 5.74) is 1.37. The van der Waals surface area contributed by atoms with Crippen LogP contribution in [0, 0.1) is 5.92 Å². The van der Waals surface area contributed by atoms with Crippen LogP contribution in [-0.2, 0) is 17.7 Å². The second-order valence-electron chi connectivity index (χ2n) is 7.43. The highest BCUT2D eigenvalue weighted by Gasteiger charge is 2.41. The van der Waals surface area contributed by atoms with Gasteiger partial charge >= 0.3 is 0 Å². The molecule has 0 saturated carbocycles. The van der Waals surface area contributed by atoms with E-state index in [0.29, 0.717) is 12.0 Å². The molecular weight excluding hydrogens is 332 g/mol. The van der Waals surface area contributed by atoms with Crippen molar-refractivity contribution in [1.82, 2.24) is 14.3 Å². The van der Waals surface area contributed by atoms with Gasteiger partial charge in [-0.2, -0.15) is 4.37 Å². The van der Waals surface area contributed by atoms with Gasteiger partial charge in [-0.1, -0.05) is 44.2 Å². The van der Waals surface area contributed by atoms with Crippen LogP contribution in [0.4, 0.5) is 5.13 Å². The molecule has 2 aliphatic heterocycles. The Hall–Kier alpha value is -1.50. The standard InChI is InChI=1S/C19H26N4OS/c1-14(2)10-18-20-19(25-21-18)23-12-16-17(13-23)24-9-8-22(16)11-15-6-4-3-5-7-15/h3-7,14,16-17H,8-13H2,1-2H3. The number of hydrogen-bond acceptors (Lipinski definition) is 6. The molecule has 5 nitrogen and oxygen atoms in total. The Kier molecular flexibility index (Phi) is 5.01. The maximum absolute atomic E-state index is 6.07. The Bertz CT molecular complexity index is 690. The predicted molar refractivity (Wildman–Crippen MR) is 101 cm³/mol. The Morgan fingerprint density at radius 1 is 1.24 bits per heavy atom. The van der Waals surface area contributed by atoms with Crippen LogP contribution >= 0.6 is 11.5 Å². The van der Waals surface area contributed by atoms with E-state index in [9.17, 15) is 0 Å². The molecule has 2 fully saturated rings. The normalized spacial score (nSPS) is 24.0. The van der Waals surface area contributed by atoms with Crippen molar-refractivity contribution in [3.05, 3.63) is 41.7 Å². The molecular formula is C19H26N4OS. The van der Waals surface area contributed by atoms with Crippen LogP contribution < -0.4 is 4.90 Å². The number of hydrogen-bond donors (Lipinski definition) is 0. The average molecular weight is 359 g/mol. The van der Waals surface area contributed by atoms with E-state index in [-0.39, 0.29) is 6.10 Å². The van der Waals surface area contributed by atoms with Crippen LogP contribution in [-0.4, -0.2) is 52.6 Å². The lowest BCUT2D eigenvalue weighted by Crippen LogP contribution is -2.50. The molecule has 1 aromatic heterocycles. The molecule has 0 bridgehead atoms. The van der Waals surface area contributed by atoms with Gasteiger partial charge in [-0.25, -0.2) is 4.98 Å². The first-order valence-corrected chi connectivity index (χ1v) is 9.93. The zero-order valence-corrected chi connectivity index (χ0v) is 15.8. The van der Waals surface area contributed by atoms with E-state index in [1.165, 1.54) is 17.1 Å². The summed E-state index contributed by atoms with van der Waals surface area (Å²) in [4.78, 5) is 9.69. The third-order valence-electron chi connectivity index (χ3n) is 4.96. The van der Waals surface area contributed by atoms with Gasteiger partial charge in [0.1, 0.15) is 5.82 Å². The second kappa shape index (κ2) is 7.40. The van der Waals surface area contributed by atoms with Crippen molar-refractivity contribution in [3.63, 3.8) is 0 Å². The first-order chi connectivity index (χ1) is 12.2. The summed E-state index contributed by atoms with van der Waals surface area (Å²) >= 11 is 1.53. The third kappa shape index (κ3) is 3.86. The largest absolute Gasteiger partial charge is 0.373 e. The second-order valence-corrected chi connectivity index (χ2v) is 8.16. The fourth-order valence-corrected chi connectivity index (χ4v) is 4.46. The Labute approximate surface area is 153 Å². The van der Waals surface area contributed by atoms with E-state index in [4.69, 9.17) is 9.72 Å². The fourth-order valence-electron chi connectivity index (χ4n) is 3.75. The van der Waals surface area contributed by atoms with Gasteiger partial charge in [0.25, 0.3) is 0 Å². The van der Waals surface area contributed by atoms with E-state index in [2.05, 4.69) is 58.4 Å². The smallest absolute Gasteiger partial charge is 0.205 e. The summed E-state index contributed by atoms with van der Waals surface area (Å²) in [5, 5.41) is 1.05. The van der Waals surface area contributed by atoms with Crippen LogP contribution in [0.3, 0.4) is 0 Å². The highest BCUT2D eigenvalue weighted by atomic mass is 32.1. The Morgan fingerprint density at radius 2 is 2.08 bits per heavy atom. The quantitative estimate of drug-likeness (QED) is 0.822. The summed E-state index contributed by atoms with van der Waals surface area (Å²) < 4.78 is 10.6. The van der Waals surface area contributed by atoms with Gasteiger partial charge in [0.15, 0.2) is 0 Å². The van der Waals surface area contributed by atoms with Crippen LogP contribution in [0.1, 0.15) is 25.2 Å². The van der Waals surface area contributed by atoms with Crippen molar-refractivity contribution in [2.75, 3.05) is 31.1 Å². The Balaban J connectivity index is 1.44. The lowest BCUT2D eigenvalue weighted by atomic mass is 10.1. The van der Waals surface area contributed by atoms with Gasteiger partial charge in [-0.15, -0.1) is 0 Å². The van der Waals surface area contributed by atoms with E-state index in [0.717, 1.165) is 50.2 Å². The SMILES string of the molecule is CC(C)Cc1nsc(N2CC3OCCN(Cc4ccccc4)C3C2)n1. The van der Waals surface area contributed by atoms with Gasteiger partial charge in [0, 0.05) is 44.1 Å². The number of aromatic nitrogens is 2.